The van der Waals surface area contributed by atoms with Crippen LogP contribution in [0.4, 0.5) is 6.01 Å². The van der Waals surface area contributed by atoms with Crippen LogP contribution in [0.5, 0.6) is 0 Å². The van der Waals surface area contributed by atoms with E-state index in [0.29, 0.717) is 31.0 Å². The summed E-state index contributed by atoms with van der Waals surface area (Å²) in [4.78, 5) is 5.46. The number of nitrogens with one attached hydrogen (secondary N) is 2. The summed E-state index contributed by atoms with van der Waals surface area (Å²) in [6.07, 6.45) is 4.37. The van der Waals surface area contributed by atoms with Crippen molar-refractivity contribution in [2.45, 2.75) is 38.9 Å². The van der Waals surface area contributed by atoms with Crippen LogP contribution in [0.25, 0.3) is 0 Å². The summed E-state index contributed by atoms with van der Waals surface area (Å²) in [5.41, 5.74) is 0. The van der Waals surface area contributed by atoms with Crippen molar-refractivity contribution in [2.24, 2.45) is 0 Å². The Morgan fingerprint density at radius 1 is 1.39 bits per heavy atom. The highest BCUT2D eigenvalue weighted by Gasteiger charge is 2.21. The molecule has 0 saturated heterocycles. The van der Waals surface area contributed by atoms with E-state index in [2.05, 4.69) is 25.8 Å². The second kappa shape index (κ2) is 5.03. The summed E-state index contributed by atoms with van der Waals surface area (Å²) >= 11 is 1.66. The first-order valence-electron chi connectivity index (χ1n) is 6.00. The minimum Gasteiger partial charge on any atom is -0.407 e. The maximum atomic E-state index is 5.47. The number of thiazole rings is 1. The summed E-state index contributed by atoms with van der Waals surface area (Å²) in [5, 5.41) is 15.3. The lowest BCUT2D eigenvalue weighted by atomic mass is 10.6. The van der Waals surface area contributed by atoms with Gasteiger partial charge in [-0.3, -0.25) is 0 Å². The van der Waals surface area contributed by atoms with Crippen molar-refractivity contribution in [1.29, 1.82) is 0 Å². The molecule has 1 fully saturated rings. The van der Waals surface area contributed by atoms with Gasteiger partial charge < -0.3 is 15.1 Å². The van der Waals surface area contributed by atoms with Crippen molar-refractivity contribution in [3.05, 3.63) is 22.0 Å². The second-order valence-electron chi connectivity index (χ2n) is 4.37. The van der Waals surface area contributed by atoms with Crippen LogP contribution in [0.1, 0.15) is 28.6 Å². The molecule has 0 bridgehead atoms. The van der Waals surface area contributed by atoms with Crippen molar-refractivity contribution in [2.75, 3.05) is 5.32 Å². The van der Waals surface area contributed by atoms with Crippen LogP contribution in [0.2, 0.25) is 0 Å². The van der Waals surface area contributed by atoms with E-state index in [-0.39, 0.29) is 0 Å². The van der Waals surface area contributed by atoms with Crippen LogP contribution >= 0.6 is 11.3 Å². The molecule has 18 heavy (non-hydrogen) atoms. The molecule has 7 heteroatoms. The molecule has 3 rings (SSSR count). The molecule has 1 aliphatic rings. The van der Waals surface area contributed by atoms with Crippen LogP contribution in [-0.4, -0.2) is 21.2 Å². The molecule has 0 radical (unpaired) electrons. The van der Waals surface area contributed by atoms with E-state index in [1.807, 2.05) is 13.1 Å². The van der Waals surface area contributed by atoms with E-state index in [1.54, 1.807) is 11.3 Å². The Morgan fingerprint density at radius 3 is 3.00 bits per heavy atom. The van der Waals surface area contributed by atoms with Gasteiger partial charge in [0.2, 0.25) is 5.89 Å². The molecule has 2 aromatic heterocycles. The normalized spacial score (nSPS) is 14.9. The molecule has 0 atom stereocenters. The summed E-state index contributed by atoms with van der Waals surface area (Å²) in [6, 6.07) is 1.10. The molecule has 0 amide bonds. The third-order valence-electron chi connectivity index (χ3n) is 2.65. The first-order chi connectivity index (χ1) is 8.79. The third kappa shape index (κ3) is 3.05. The van der Waals surface area contributed by atoms with E-state index in [9.17, 15) is 0 Å². The Morgan fingerprint density at radius 2 is 2.28 bits per heavy atom. The van der Waals surface area contributed by atoms with Gasteiger partial charge in [-0.15, -0.1) is 16.4 Å². The number of anilines is 1. The zero-order chi connectivity index (χ0) is 12.4. The van der Waals surface area contributed by atoms with Crippen LogP contribution < -0.4 is 10.6 Å². The van der Waals surface area contributed by atoms with E-state index >= 15 is 0 Å². The molecule has 0 unspecified atom stereocenters. The van der Waals surface area contributed by atoms with Crippen LogP contribution in [0.3, 0.4) is 0 Å². The lowest BCUT2D eigenvalue weighted by Crippen LogP contribution is -2.15. The van der Waals surface area contributed by atoms with Crippen LogP contribution in [0, 0.1) is 6.92 Å². The van der Waals surface area contributed by atoms with Gasteiger partial charge in [0.25, 0.3) is 0 Å². The first-order valence-corrected chi connectivity index (χ1v) is 6.82. The predicted molar refractivity (Wildman–Crippen MR) is 68.3 cm³/mol. The number of nitrogens with zero attached hydrogens (tertiary/aromatic N) is 3. The minimum absolute atomic E-state index is 0.454. The molecule has 96 valence electrons. The lowest BCUT2D eigenvalue weighted by Gasteiger charge is -1.97. The van der Waals surface area contributed by atoms with E-state index in [0.717, 1.165) is 5.01 Å². The van der Waals surface area contributed by atoms with Crippen LogP contribution in [-0.2, 0) is 13.1 Å². The first kappa shape index (κ1) is 11.6. The number of rotatable bonds is 6. The van der Waals surface area contributed by atoms with Crippen molar-refractivity contribution >= 4 is 17.4 Å². The Balaban J connectivity index is 1.49. The molecule has 1 saturated carbocycles. The molecular weight excluding hydrogens is 250 g/mol. The fourth-order valence-corrected chi connectivity index (χ4v) is 2.28. The second-order valence-corrected chi connectivity index (χ2v) is 5.69. The number of aryl methyl sites for hydroxylation is 1. The van der Waals surface area contributed by atoms with Gasteiger partial charge in [0.15, 0.2) is 0 Å². The lowest BCUT2D eigenvalue weighted by molar-refractivity contribution is 0.475. The highest BCUT2D eigenvalue weighted by Crippen LogP contribution is 2.19. The highest BCUT2D eigenvalue weighted by atomic mass is 32.1. The van der Waals surface area contributed by atoms with Gasteiger partial charge in [-0.2, -0.15) is 0 Å². The van der Waals surface area contributed by atoms with Gasteiger partial charge in [0, 0.05) is 17.1 Å². The maximum Gasteiger partial charge on any atom is 0.315 e. The molecule has 2 aromatic rings. The molecular formula is C11H15N5OS. The number of hydrogen-bond donors (Lipinski definition) is 2. The predicted octanol–water partition coefficient (Wildman–Crippen LogP) is 1.70. The van der Waals surface area contributed by atoms with E-state index in [1.165, 1.54) is 17.7 Å². The topological polar surface area (TPSA) is 75.9 Å². The molecule has 1 aliphatic carbocycles. The van der Waals surface area contributed by atoms with Crippen molar-refractivity contribution < 1.29 is 4.42 Å². The van der Waals surface area contributed by atoms with Gasteiger partial charge in [-0.05, 0) is 19.8 Å². The number of aromatic nitrogens is 3. The minimum atomic E-state index is 0.454. The van der Waals surface area contributed by atoms with Gasteiger partial charge in [0.1, 0.15) is 5.01 Å². The van der Waals surface area contributed by atoms with E-state index < -0.39 is 0 Å². The summed E-state index contributed by atoms with van der Waals surface area (Å²) in [7, 11) is 0. The summed E-state index contributed by atoms with van der Waals surface area (Å²) < 4.78 is 5.47. The molecule has 2 heterocycles. The zero-order valence-electron chi connectivity index (χ0n) is 10.1. The average molecular weight is 265 g/mol. The Bertz CT molecular complexity index is 519. The Kier molecular flexibility index (Phi) is 3.24. The molecule has 2 N–H and O–H groups in total. The molecule has 0 aliphatic heterocycles. The SMILES string of the molecule is Cc1cnc(CNc2nnc(CNC3CC3)o2)s1. The van der Waals surface area contributed by atoms with Crippen molar-refractivity contribution in [3.63, 3.8) is 0 Å². The molecule has 0 spiro atoms. The standard InChI is InChI=1S/C11H15N5OS/c1-7-4-13-10(18-7)6-14-11-16-15-9(17-11)5-12-8-2-3-8/h4,8,12H,2-3,5-6H2,1H3,(H,14,16). The van der Waals surface area contributed by atoms with Gasteiger partial charge >= 0.3 is 6.01 Å². The Hall–Kier alpha value is -1.47. The third-order valence-corrected chi connectivity index (χ3v) is 3.56. The van der Waals surface area contributed by atoms with Crippen molar-refractivity contribution in [3.8, 4) is 0 Å². The van der Waals surface area contributed by atoms with E-state index in [4.69, 9.17) is 4.42 Å². The van der Waals surface area contributed by atoms with Gasteiger partial charge in [0.05, 0.1) is 13.1 Å². The fraction of sp³-hybridized carbons (Fsp3) is 0.545. The number of hydrogen-bond acceptors (Lipinski definition) is 7. The largest absolute Gasteiger partial charge is 0.407 e. The van der Waals surface area contributed by atoms with Crippen LogP contribution in [0.15, 0.2) is 10.6 Å². The molecule has 0 aromatic carbocycles. The molecule has 6 nitrogen and oxygen atoms in total. The van der Waals surface area contributed by atoms with Crippen molar-refractivity contribution in [1.82, 2.24) is 20.5 Å². The van der Waals surface area contributed by atoms with Gasteiger partial charge in [-0.1, -0.05) is 5.10 Å². The average Bonchev–Trinajstić information content (AvgIpc) is 2.93. The Labute approximate surface area is 109 Å². The quantitative estimate of drug-likeness (QED) is 0.828. The maximum absolute atomic E-state index is 5.47. The van der Waals surface area contributed by atoms with Gasteiger partial charge in [-0.25, -0.2) is 4.98 Å². The fourth-order valence-electron chi connectivity index (χ4n) is 1.55. The zero-order valence-corrected chi connectivity index (χ0v) is 11.0. The summed E-state index contributed by atoms with van der Waals surface area (Å²) in [5.74, 6) is 0.625. The smallest absolute Gasteiger partial charge is 0.315 e. The summed E-state index contributed by atoms with van der Waals surface area (Å²) in [6.45, 7) is 3.31. The highest BCUT2D eigenvalue weighted by molar-refractivity contribution is 7.11. The monoisotopic (exact) mass is 265 g/mol.